The van der Waals surface area contributed by atoms with E-state index in [9.17, 15) is 0 Å². The van der Waals surface area contributed by atoms with E-state index in [1.54, 1.807) is 0 Å². The van der Waals surface area contributed by atoms with E-state index in [2.05, 4.69) is 39.6 Å². The van der Waals surface area contributed by atoms with Gasteiger partial charge in [0.25, 0.3) is 0 Å². The van der Waals surface area contributed by atoms with Gasteiger partial charge in [-0.2, -0.15) is 0 Å². The lowest BCUT2D eigenvalue weighted by atomic mass is 10.0. The van der Waals surface area contributed by atoms with Crippen LogP contribution in [0.5, 0.6) is 0 Å². The Morgan fingerprint density at radius 3 is 2.79 bits per heavy atom. The van der Waals surface area contributed by atoms with Crippen molar-refractivity contribution in [2.45, 2.75) is 25.0 Å². The molecule has 0 aromatic heterocycles. The van der Waals surface area contributed by atoms with Crippen molar-refractivity contribution in [3.8, 4) is 0 Å². The summed E-state index contributed by atoms with van der Waals surface area (Å²) >= 11 is 0. The molecular formula is C14H25N5. The van der Waals surface area contributed by atoms with Crippen LogP contribution in [-0.2, 0) is 0 Å². The Kier molecular flexibility index (Phi) is 3.77. The molecule has 5 nitrogen and oxygen atoms in total. The maximum atomic E-state index is 5.96. The second-order valence-corrected chi connectivity index (χ2v) is 5.75. The minimum Gasteiger partial charge on any atom is -0.376 e. The molecule has 0 amide bonds. The van der Waals surface area contributed by atoms with E-state index in [1.807, 2.05) is 0 Å². The smallest absolute Gasteiger partial charge is 0.101 e. The highest BCUT2D eigenvalue weighted by Crippen LogP contribution is 2.22. The first-order valence-electron chi connectivity index (χ1n) is 7.33. The number of likely N-dealkylation sites (N-methyl/N-ethyl adjacent to an activating group) is 1. The van der Waals surface area contributed by atoms with Gasteiger partial charge in [0.1, 0.15) is 6.17 Å². The molecular weight excluding hydrogens is 238 g/mol. The minimum atomic E-state index is 0.296. The fraction of sp³-hybridized carbons (Fsp3) is 0.714. The third-order valence-electron chi connectivity index (χ3n) is 4.40. The molecule has 2 unspecified atom stereocenters. The zero-order valence-corrected chi connectivity index (χ0v) is 11.7. The summed E-state index contributed by atoms with van der Waals surface area (Å²) in [5, 5.41) is 7.35. The second-order valence-electron chi connectivity index (χ2n) is 5.75. The quantitative estimate of drug-likeness (QED) is 0.635. The van der Waals surface area contributed by atoms with Crippen LogP contribution in [0.3, 0.4) is 0 Å². The molecule has 1 aliphatic carbocycles. The van der Waals surface area contributed by atoms with Gasteiger partial charge >= 0.3 is 0 Å². The van der Waals surface area contributed by atoms with Crippen LogP contribution >= 0.6 is 0 Å². The Hall–Kier alpha value is -1.04. The van der Waals surface area contributed by atoms with Crippen LogP contribution in [0.2, 0.25) is 0 Å². The first kappa shape index (κ1) is 13.0. The van der Waals surface area contributed by atoms with Gasteiger partial charge in [0.15, 0.2) is 0 Å². The van der Waals surface area contributed by atoms with E-state index in [0.29, 0.717) is 18.8 Å². The van der Waals surface area contributed by atoms with Gasteiger partial charge in [-0.05, 0) is 26.0 Å². The summed E-state index contributed by atoms with van der Waals surface area (Å²) in [7, 11) is 2.19. The summed E-state index contributed by atoms with van der Waals surface area (Å²) in [4.78, 5) is 4.92. The lowest BCUT2D eigenvalue weighted by Gasteiger charge is -2.45. The highest BCUT2D eigenvalue weighted by Gasteiger charge is 2.33. The van der Waals surface area contributed by atoms with Crippen molar-refractivity contribution in [1.29, 1.82) is 0 Å². The molecule has 2 aliphatic heterocycles. The minimum absolute atomic E-state index is 0.296. The first-order chi connectivity index (χ1) is 9.28. The van der Waals surface area contributed by atoms with E-state index < -0.39 is 0 Å². The zero-order valence-electron chi connectivity index (χ0n) is 11.7. The van der Waals surface area contributed by atoms with Crippen LogP contribution in [-0.4, -0.2) is 61.8 Å². The third-order valence-corrected chi connectivity index (χ3v) is 4.40. The maximum absolute atomic E-state index is 5.96. The average molecular weight is 263 g/mol. The number of rotatable bonds is 2. The number of piperazine rings is 1. The van der Waals surface area contributed by atoms with Gasteiger partial charge in [-0.15, -0.1) is 0 Å². The van der Waals surface area contributed by atoms with Gasteiger partial charge < -0.3 is 21.3 Å². The number of hydrogen-bond acceptors (Lipinski definition) is 5. The predicted molar refractivity (Wildman–Crippen MR) is 77.4 cm³/mol. The number of nitrogens with one attached hydrogen (secondary N) is 2. The molecule has 1 saturated heterocycles. The summed E-state index contributed by atoms with van der Waals surface area (Å²) in [6.45, 7) is 5.17. The number of hydrogen-bond donors (Lipinski definition) is 3. The van der Waals surface area contributed by atoms with Crippen LogP contribution in [0.1, 0.15) is 12.8 Å². The highest BCUT2D eigenvalue weighted by molar-refractivity contribution is 5.30. The molecule has 4 N–H and O–H groups in total. The number of nitrogens with two attached hydrogens (primary N) is 1. The van der Waals surface area contributed by atoms with E-state index >= 15 is 0 Å². The standard InChI is InChI=1S/C14H25N5/c1-18-6-8-19(9-7-18)14-13(10-15)16-11-4-2-3-5-12(11)17-14/h2,4,13-14,16-17H,3,5-10,15H2,1H3. The Morgan fingerprint density at radius 1 is 1.26 bits per heavy atom. The van der Waals surface area contributed by atoms with Crippen LogP contribution in [0.15, 0.2) is 23.5 Å². The largest absolute Gasteiger partial charge is 0.376 e. The van der Waals surface area contributed by atoms with Crippen LogP contribution in [0.25, 0.3) is 0 Å². The van der Waals surface area contributed by atoms with Crippen molar-refractivity contribution in [3.63, 3.8) is 0 Å². The molecule has 2 heterocycles. The maximum Gasteiger partial charge on any atom is 0.101 e. The fourth-order valence-electron chi connectivity index (χ4n) is 3.14. The van der Waals surface area contributed by atoms with Gasteiger partial charge in [0, 0.05) is 38.4 Å². The molecule has 3 aliphatic rings. The molecule has 0 spiro atoms. The molecule has 0 aromatic rings. The monoisotopic (exact) mass is 263 g/mol. The van der Waals surface area contributed by atoms with Crippen molar-refractivity contribution < 1.29 is 0 Å². The molecule has 0 aromatic carbocycles. The fourth-order valence-corrected chi connectivity index (χ4v) is 3.14. The number of allylic oxidation sites excluding steroid dienone is 3. The van der Waals surface area contributed by atoms with E-state index in [1.165, 1.54) is 11.4 Å². The Bertz CT molecular complexity index is 381. The molecule has 0 saturated carbocycles. The molecule has 2 atom stereocenters. The average Bonchev–Trinajstić information content (AvgIpc) is 2.46. The molecule has 0 radical (unpaired) electrons. The highest BCUT2D eigenvalue weighted by atomic mass is 15.4. The summed E-state index contributed by atoms with van der Waals surface area (Å²) in [6, 6.07) is 0.296. The molecule has 106 valence electrons. The summed E-state index contributed by atoms with van der Waals surface area (Å²) < 4.78 is 0. The van der Waals surface area contributed by atoms with Gasteiger partial charge in [0.2, 0.25) is 0 Å². The van der Waals surface area contributed by atoms with Crippen molar-refractivity contribution in [1.82, 2.24) is 20.4 Å². The Balaban J connectivity index is 1.73. The zero-order chi connectivity index (χ0) is 13.2. The normalized spacial score (nSPS) is 32.7. The third kappa shape index (κ3) is 2.63. The topological polar surface area (TPSA) is 56.6 Å². The van der Waals surface area contributed by atoms with Crippen molar-refractivity contribution >= 4 is 0 Å². The molecule has 5 heteroatoms. The SMILES string of the molecule is CN1CCN(C2NC3=C(C=CCC3)NC2CN)CC1. The van der Waals surface area contributed by atoms with Gasteiger partial charge in [-0.3, -0.25) is 4.90 Å². The van der Waals surface area contributed by atoms with Crippen LogP contribution in [0.4, 0.5) is 0 Å². The van der Waals surface area contributed by atoms with Crippen molar-refractivity contribution in [2.24, 2.45) is 5.73 Å². The summed E-state index contributed by atoms with van der Waals surface area (Å²) in [5.41, 5.74) is 8.56. The molecule has 1 fully saturated rings. The van der Waals surface area contributed by atoms with Gasteiger partial charge in [-0.25, -0.2) is 0 Å². The molecule has 19 heavy (non-hydrogen) atoms. The summed E-state index contributed by atoms with van der Waals surface area (Å²) in [5.74, 6) is 0. The van der Waals surface area contributed by atoms with Gasteiger partial charge in [0.05, 0.1) is 11.7 Å². The summed E-state index contributed by atoms with van der Waals surface area (Å²) in [6.07, 6.45) is 7.01. The van der Waals surface area contributed by atoms with Crippen LogP contribution < -0.4 is 16.4 Å². The van der Waals surface area contributed by atoms with Crippen molar-refractivity contribution in [3.05, 3.63) is 23.5 Å². The first-order valence-corrected chi connectivity index (χ1v) is 7.33. The van der Waals surface area contributed by atoms with Gasteiger partial charge in [-0.1, -0.05) is 6.08 Å². The second kappa shape index (κ2) is 5.53. The molecule has 0 bridgehead atoms. The molecule has 3 rings (SSSR count). The lowest BCUT2D eigenvalue weighted by molar-refractivity contribution is 0.0756. The van der Waals surface area contributed by atoms with E-state index in [4.69, 9.17) is 5.73 Å². The van der Waals surface area contributed by atoms with E-state index in [-0.39, 0.29) is 0 Å². The van der Waals surface area contributed by atoms with E-state index in [0.717, 1.165) is 39.0 Å². The Labute approximate surface area is 115 Å². The van der Waals surface area contributed by atoms with Crippen molar-refractivity contribution in [2.75, 3.05) is 39.8 Å². The van der Waals surface area contributed by atoms with Crippen LogP contribution in [0, 0.1) is 0 Å². The Morgan fingerprint density at radius 2 is 2.05 bits per heavy atom. The number of nitrogens with zero attached hydrogens (tertiary/aromatic N) is 2. The predicted octanol–water partition coefficient (Wildman–Crippen LogP) is -0.358. The lowest BCUT2D eigenvalue weighted by Crippen LogP contribution is -2.65.